The molecule has 1 heterocycles. The first-order chi connectivity index (χ1) is 8.47. The smallest absolute Gasteiger partial charge is 0.253 e. The van der Waals surface area contributed by atoms with Crippen molar-refractivity contribution in [3.8, 4) is 0 Å². The van der Waals surface area contributed by atoms with Crippen LogP contribution in [0.5, 0.6) is 0 Å². The second-order valence-corrected chi connectivity index (χ2v) is 5.54. The van der Waals surface area contributed by atoms with Crippen LogP contribution in [0.3, 0.4) is 0 Å². The van der Waals surface area contributed by atoms with Crippen molar-refractivity contribution in [2.24, 2.45) is 5.10 Å². The number of carbonyl (C=O) groups is 1. The Hall–Kier alpha value is -1.90. The van der Waals surface area contributed by atoms with Gasteiger partial charge < -0.3 is 0 Å². The highest BCUT2D eigenvalue weighted by Crippen LogP contribution is 2.37. The molecular formula is C15H16N2O. The van der Waals surface area contributed by atoms with Gasteiger partial charge in [-0.3, -0.25) is 4.79 Å². The van der Waals surface area contributed by atoms with Crippen LogP contribution < -0.4 is 5.01 Å². The molecule has 0 fully saturated rings. The minimum Gasteiger partial charge on any atom is -0.272 e. The van der Waals surface area contributed by atoms with Gasteiger partial charge in [-0.15, -0.1) is 0 Å². The summed E-state index contributed by atoms with van der Waals surface area (Å²) in [5.74, 6) is 0.0520. The molecule has 18 heavy (non-hydrogen) atoms. The third-order valence-electron chi connectivity index (χ3n) is 3.57. The molecule has 3 heteroatoms. The van der Waals surface area contributed by atoms with E-state index in [1.165, 1.54) is 16.1 Å². The van der Waals surface area contributed by atoms with Gasteiger partial charge in [-0.05, 0) is 30.2 Å². The van der Waals surface area contributed by atoms with Gasteiger partial charge in [0.25, 0.3) is 5.91 Å². The Bertz CT molecular complexity index is 597. The lowest BCUT2D eigenvalue weighted by atomic mass is 9.87. The molecule has 1 aliphatic carbocycles. The van der Waals surface area contributed by atoms with E-state index >= 15 is 0 Å². The number of hydrogen-bond acceptors (Lipinski definition) is 2. The molecule has 2 aliphatic rings. The molecule has 0 N–H and O–H groups in total. The first-order valence-corrected chi connectivity index (χ1v) is 6.18. The summed E-state index contributed by atoms with van der Waals surface area (Å²) < 4.78 is 0. The van der Waals surface area contributed by atoms with Crippen LogP contribution in [-0.2, 0) is 10.2 Å². The molecule has 0 atom stereocenters. The Morgan fingerprint density at radius 1 is 1.33 bits per heavy atom. The molecule has 3 nitrogen and oxygen atoms in total. The number of benzene rings is 1. The zero-order chi connectivity index (χ0) is 12.9. The van der Waals surface area contributed by atoms with Crippen molar-refractivity contribution < 1.29 is 4.79 Å². The number of rotatable bonds is 1. The van der Waals surface area contributed by atoms with Crippen LogP contribution in [0.1, 0.15) is 38.3 Å². The van der Waals surface area contributed by atoms with Crippen LogP contribution in [0.25, 0.3) is 6.08 Å². The predicted molar refractivity (Wildman–Crippen MR) is 73.7 cm³/mol. The Morgan fingerprint density at radius 3 is 2.78 bits per heavy atom. The maximum absolute atomic E-state index is 11.8. The average molecular weight is 240 g/mol. The molecule has 3 rings (SSSR count). The van der Waals surface area contributed by atoms with Crippen molar-refractivity contribution in [1.82, 2.24) is 0 Å². The number of allylic oxidation sites excluding steroid dienone is 1. The third-order valence-corrected chi connectivity index (χ3v) is 3.57. The van der Waals surface area contributed by atoms with Crippen molar-refractivity contribution in [2.75, 3.05) is 5.01 Å². The van der Waals surface area contributed by atoms with Crippen molar-refractivity contribution >= 4 is 23.4 Å². The van der Waals surface area contributed by atoms with E-state index in [1.54, 1.807) is 0 Å². The van der Waals surface area contributed by atoms with E-state index in [-0.39, 0.29) is 11.3 Å². The second kappa shape index (κ2) is 3.55. The summed E-state index contributed by atoms with van der Waals surface area (Å²) in [5.41, 5.74) is 4.27. The fourth-order valence-electron chi connectivity index (χ4n) is 2.52. The monoisotopic (exact) mass is 240 g/mol. The highest BCUT2D eigenvalue weighted by atomic mass is 16.2. The molecule has 0 bridgehead atoms. The Labute approximate surface area is 107 Å². The summed E-state index contributed by atoms with van der Waals surface area (Å²) in [6.45, 7) is 6.25. The van der Waals surface area contributed by atoms with E-state index in [2.05, 4.69) is 43.2 Å². The standard InChI is InChI=1S/C15H16N2O/c1-10-8-14(18)17(16-10)12-5-4-11-6-7-15(2,3)13(11)9-12/h4-7,9H,8H2,1-3H3. The number of carbonyl (C=O) groups excluding carboxylic acids is 1. The first kappa shape index (κ1) is 11.2. The van der Waals surface area contributed by atoms with E-state index in [0.717, 1.165) is 11.4 Å². The number of anilines is 1. The van der Waals surface area contributed by atoms with Crippen LogP contribution in [0.2, 0.25) is 0 Å². The molecule has 1 aromatic carbocycles. The van der Waals surface area contributed by atoms with E-state index in [9.17, 15) is 4.79 Å². The third kappa shape index (κ3) is 1.58. The predicted octanol–water partition coefficient (Wildman–Crippen LogP) is 3.10. The maximum atomic E-state index is 11.8. The summed E-state index contributed by atoms with van der Waals surface area (Å²) >= 11 is 0. The maximum Gasteiger partial charge on any atom is 0.253 e. The zero-order valence-corrected chi connectivity index (χ0v) is 10.9. The molecule has 0 spiro atoms. The van der Waals surface area contributed by atoms with Crippen LogP contribution in [-0.4, -0.2) is 11.6 Å². The molecule has 1 aromatic rings. The number of hydrazone groups is 1. The van der Waals surface area contributed by atoms with E-state index in [4.69, 9.17) is 0 Å². The van der Waals surface area contributed by atoms with E-state index in [1.807, 2.05) is 13.0 Å². The number of amides is 1. The summed E-state index contributed by atoms with van der Waals surface area (Å²) in [6, 6.07) is 6.10. The fraction of sp³-hybridized carbons (Fsp3) is 0.333. The normalized spacial score (nSPS) is 20.3. The van der Waals surface area contributed by atoms with Gasteiger partial charge in [0.15, 0.2) is 0 Å². The Morgan fingerprint density at radius 2 is 2.11 bits per heavy atom. The molecular weight excluding hydrogens is 224 g/mol. The number of hydrogen-bond donors (Lipinski definition) is 0. The van der Waals surface area contributed by atoms with E-state index < -0.39 is 0 Å². The molecule has 0 radical (unpaired) electrons. The SMILES string of the molecule is CC1=NN(c2ccc3c(c2)C(C)(C)C=C3)C(=O)C1. The molecule has 92 valence electrons. The van der Waals surface area contributed by atoms with Crippen molar-refractivity contribution in [3.63, 3.8) is 0 Å². The van der Waals surface area contributed by atoms with Crippen molar-refractivity contribution in [1.29, 1.82) is 0 Å². The van der Waals surface area contributed by atoms with Gasteiger partial charge in [0.1, 0.15) is 0 Å². The Kier molecular flexibility index (Phi) is 2.21. The largest absolute Gasteiger partial charge is 0.272 e. The topological polar surface area (TPSA) is 32.7 Å². The van der Waals surface area contributed by atoms with Crippen LogP contribution in [0, 0.1) is 0 Å². The highest BCUT2D eigenvalue weighted by molar-refractivity contribution is 6.12. The quantitative estimate of drug-likeness (QED) is 0.742. The van der Waals surface area contributed by atoms with Crippen molar-refractivity contribution in [3.05, 3.63) is 35.4 Å². The lowest BCUT2D eigenvalue weighted by Crippen LogP contribution is -2.20. The fourth-order valence-corrected chi connectivity index (χ4v) is 2.52. The van der Waals surface area contributed by atoms with Gasteiger partial charge in [0.2, 0.25) is 0 Å². The number of fused-ring (bicyclic) bond motifs is 1. The van der Waals surface area contributed by atoms with Gasteiger partial charge in [-0.25, -0.2) is 5.01 Å². The minimum absolute atomic E-state index is 0.0346. The minimum atomic E-state index is 0.0346. The lowest BCUT2D eigenvalue weighted by molar-refractivity contribution is -0.116. The van der Waals surface area contributed by atoms with Gasteiger partial charge in [-0.1, -0.05) is 32.1 Å². The highest BCUT2D eigenvalue weighted by Gasteiger charge is 2.28. The Balaban J connectivity index is 2.05. The van der Waals surface area contributed by atoms with E-state index in [0.29, 0.717) is 6.42 Å². The number of nitrogens with zero attached hydrogens (tertiary/aromatic N) is 2. The molecule has 0 saturated heterocycles. The summed E-state index contributed by atoms with van der Waals surface area (Å²) in [4.78, 5) is 11.8. The second-order valence-electron chi connectivity index (χ2n) is 5.54. The van der Waals surface area contributed by atoms with Crippen molar-refractivity contribution in [2.45, 2.75) is 32.6 Å². The first-order valence-electron chi connectivity index (χ1n) is 6.18. The molecule has 1 aliphatic heterocycles. The molecule has 0 unspecified atom stereocenters. The van der Waals surface area contributed by atoms with Gasteiger partial charge in [-0.2, -0.15) is 5.10 Å². The van der Waals surface area contributed by atoms with Gasteiger partial charge in [0, 0.05) is 11.1 Å². The molecule has 1 amide bonds. The zero-order valence-electron chi connectivity index (χ0n) is 10.9. The average Bonchev–Trinajstić information content (AvgIpc) is 2.79. The van der Waals surface area contributed by atoms with Gasteiger partial charge >= 0.3 is 0 Å². The molecule has 0 saturated carbocycles. The summed E-state index contributed by atoms with van der Waals surface area (Å²) in [7, 11) is 0. The van der Waals surface area contributed by atoms with Crippen LogP contribution in [0.15, 0.2) is 29.4 Å². The summed E-state index contributed by atoms with van der Waals surface area (Å²) in [6.07, 6.45) is 4.76. The molecule has 0 aromatic heterocycles. The van der Waals surface area contributed by atoms with Crippen LogP contribution >= 0.6 is 0 Å². The lowest BCUT2D eigenvalue weighted by Gasteiger charge is -2.20. The van der Waals surface area contributed by atoms with Gasteiger partial charge in [0.05, 0.1) is 12.1 Å². The summed E-state index contributed by atoms with van der Waals surface area (Å²) in [5, 5.41) is 5.81. The van der Waals surface area contributed by atoms with Crippen LogP contribution in [0.4, 0.5) is 5.69 Å².